The topological polar surface area (TPSA) is 46.8 Å². The van der Waals surface area contributed by atoms with Gasteiger partial charge in [-0.15, -0.1) is 16.4 Å². The molecule has 0 saturated carbocycles. The fraction of sp³-hybridized carbons (Fsp3) is 0.122. The van der Waals surface area contributed by atoms with Crippen molar-refractivity contribution in [2.24, 2.45) is 0 Å². The summed E-state index contributed by atoms with van der Waals surface area (Å²) in [6, 6.07) is 38.5. The van der Waals surface area contributed by atoms with Crippen LogP contribution in [-0.2, 0) is 5.41 Å². The summed E-state index contributed by atoms with van der Waals surface area (Å²) in [5.41, 5.74) is 11.6. The van der Waals surface area contributed by atoms with Crippen LogP contribution in [0.15, 0.2) is 133 Å². The number of fused-ring (bicyclic) bond motifs is 6. The Labute approximate surface area is 351 Å². The first-order valence-electron chi connectivity index (χ1n) is 19.7. The van der Waals surface area contributed by atoms with E-state index in [1.165, 1.54) is 16.7 Å². The molecular formula is C49H34B5N5. The number of anilines is 1. The normalized spacial score (nSPS) is 15.1. The lowest BCUT2D eigenvalue weighted by Gasteiger charge is -2.30. The third kappa shape index (κ3) is 5.78. The molecule has 270 valence electrons. The molecular weight excluding hydrogens is 713 g/mol. The molecule has 0 aliphatic heterocycles. The number of nitrogens with zero attached hydrogens (tertiary/aromatic N) is 5. The van der Waals surface area contributed by atoms with Crippen LogP contribution in [0, 0.1) is 0 Å². The zero-order valence-electron chi connectivity index (χ0n) is 33.1. The summed E-state index contributed by atoms with van der Waals surface area (Å²) in [7, 11) is 34.7. The molecule has 1 atom stereocenters. The van der Waals surface area contributed by atoms with E-state index in [0.717, 1.165) is 56.2 Å². The van der Waals surface area contributed by atoms with Crippen LogP contribution in [0.2, 0.25) is 0 Å². The molecule has 0 amide bonds. The Morgan fingerprint density at radius 3 is 2.03 bits per heavy atom. The summed E-state index contributed by atoms with van der Waals surface area (Å²) in [6.45, 7) is 4.52. The van der Waals surface area contributed by atoms with E-state index in [2.05, 4.69) is 152 Å². The number of hydrogen-bond donors (Lipinski definition) is 0. The summed E-state index contributed by atoms with van der Waals surface area (Å²) < 4.78 is 2.10. The zero-order chi connectivity index (χ0) is 40.7. The second-order valence-electron chi connectivity index (χ2n) is 16.0. The lowest BCUT2D eigenvalue weighted by atomic mass is 9.60. The Bertz CT molecular complexity index is 3070. The molecule has 10 heteroatoms. The van der Waals surface area contributed by atoms with Crippen molar-refractivity contribution in [3.63, 3.8) is 0 Å². The van der Waals surface area contributed by atoms with Crippen molar-refractivity contribution in [1.29, 1.82) is 0 Å². The Morgan fingerprint density at radius 1 is 0.593 bits per heavy atom. The average molecular weight is 747 g/mol. The first-order chi connectivity index (χ1) is 28.5. The van der Waals surface area contributed by atoms with Gasteiger partial charge in [-0.25, -0.2) is 4.98 Å². The van der Waals surface area contributed by atoms with Gasteiger partial charge in [-0.3, -0.25) is 4.57 Å². The molecule has 59 heavy (non-hydrogen) atoms. The summed E-state index contributed by atoms with van der Waals surface area (Å²) in [4.78, 5) is 17.9. The minimum atomic E-state index is -0.169. The van der Waals surface area contributed by atoms with Gasteiger partial charge in [0.1, 0.15) is 39.2 Å². The molecule has 0 N–H and O–H groups in total. The molecule has 10 rings (SSSR count). The number of benzene rings is 6. The highest BCUT2D eigenvalue weighted by molar-refractivity contribution is 6.68. The van der Waals surface area contributed by atoms with Gasteiger partial charge in [0, 0.05) is 45.6 Å². The van der Waals surface area contributed by atoms with Crippen LogP contribution in [0.3, 0.4) is 0 Å². The van der Waals surface area contributed by atoms with Crippen molar-refractivity contribution in [2.75, 3.05) is 11.9 Å². The Hall–Kier alpha value is -6.27. The Morgan fingerprint density at radius 2 is 1.27 bits per heavy atom. The molecule has 5 nitrogen and oxygen atoms in total. The van der Waals surface area contributed by atoms with Gasteiger partial charge in [-0.05, 0) is 58.5 Å². The lowest BCUT2D eigenvalue weighted by Crippen LogP contribution is -2.55. The first kappa shape index (κ1) is 37.0. The van der Waals surface area contributed by atoms with Gasteiger partial charge in [0.15, 0.2) is 11.6 Å². The highest BCUT2D eigenvalue weighted by Crippen LogP contribution is 2.49. The maximum Gasteiger partial charge on any atom is 0.238 e. The third-order valence-corrected chi connectivity index (χ3v) is 12.3. The summed E-state index contributed by atoms with van der Waals surface area (Å²) in [5.74, 6) is 1.04. The van der Waals surface area contributed by atoms with Crippen molar-refractivity contribution in [3.05, 3.63) is 145 Å². The standard InChI is InChI=1S/C49H34B5N5/c1-49(2)35-20-12-10-18-30(35)33-24-28(22-23-36(33)49)46-55-47(40-41(50)43(52)45(54)44(53)42(40)51)57-48(56-46)59-37-21-13-11-19-31(37)34-25-32(27-14-6-4-7-15-27)38(26-39(34)59)58(3)29-16-8-5-9-17-29/h4-16,18-26,29H,17H2,1-3H3. The Balaban J connectivity index is 1.27. The fourth-order valence-corrected chi connectivity index (χ4v) is 9.05. The molecule has 2 aromatic heterocycles. The van der Waals surface area contributed by atoms with Gasteiger partial charge < -0.3 is 4.90 Å². The summed E-state index contributed by atoms with van der Waals surface area (Å²) in [5, 5.41) is 2.10. The van der Waals surface area contributed by atoms with Crippen molar-refractivity contribution < 1.29 is 0 Å². The lowest BCUT2D eigenvalue weighted by molar-refractivity contribution is 0.660. The molecule has 0 spiro atoms. The molecule has 2 aliphatic carbocycles. The van der Waals surface area contributed by atoms with E-state index in [9.17, 15) is 0 Å². The quantitative estimate of drug-likeness (QED) is 0.209. The van der Waals surface area contributed by atoms with Gasteiger partial charge in [0.2, 0.25) is 5.95 Å². The molecule has 2 heterocycles. The van der Waals surface area contributed by atoms with E-state index in [1.807, 2.05) is 12.1 Å². The van der Waals surface area contributed by atoms with E-state index in [-0.39, 0.29) is 44.6 Å². The maximum absolute atomic E-state index is 6.71. The molecule has 2 aliphatic rings. The maximum atomic E-state index is 6.71. The van der Waals surface area contributed by atoms with Crippen LogP contribution in [0.5, 0.6) is 0 Å². The fourth-order valence-electron chi connectivity index (χ4n) is 9.05. The van der Waals surface area contributed by atoms with Gasteiger partial charge in [0.05, 0.1) is 17.1 Å². The van der Waals surface area contributed by atoms with Crippen molar-refractivity contribution in [2.45, 2.75) is 31.7 Å². The van der Waals surface area contributed by atoms with Crippen molar-refractivity contribution >= 4 is 94.0 Å². The number of para-hydroxylation sites is 1. The third-order valence-electron chi connectivity index (χ3n) is 12.3. The van der Waals surface area contributed by atoms with Crippen LogP contribution in [0.25, 0.3) is 72.8 Å². The summed E-state index contributed by atoms with van der Waals surface area (Å²) in [6.07, 6.45) is 9.56. The van der Waals surface area contributed by atoms with E-state index in [4.69, 9.17) is 54.2 Å². The number of hydrogen-bond acceptors (Lipinski definition) is 4. The predicted molar refractivity (Wildman–Crippen MR) is 250 cm³/mol. The number of rotatable bonds is 6. The zero-order valence-corrected chi connectivity index (χ0v) is 33.1. The van der Waals surface area contributed by atoms with E-state index in [1.54, 1.807) is 0 Å². The number of aromatic nitrogens is 4. The second-order valence-corrected chi connectivity index (χ2v) is 16.0. The van der Waals surface area contributed by atoms with E-state index >= 15 is 0 Å². The largest absolute Gasteiger partial charge is 0.367 e. The number of allylic oxidation sites excluding steroid dienone is 2. The molecule has 0 bridgehead atoms. The van der Waals surface area contributed by atoms with Crippen molar-refractivity contribution in [3.8, 4) is 51.0 Å². The Kier molecular flexibility index (Phi) is 8.75. The van der Waals surface area contributed by atoms with E-state index in [0.29, 0.717) is 17.3 Å². The molecule has 6 aromatic carbocycles. The highest BCUT2D eigenvalue weighted by Gasteiger charge is 2.35. The smallest absolute Gasteiger partial charge is 0.238 e. The first-order valence-corrected chi connectivity index (χ1v) is 19.7. The molecule has 0 saturated heterocycles. The van der Waals surface area contributed by atoms with Gasteiger partial charge in [-0.1, -0.05) is 134 Å². The SMILES string of the molecule is [B]c1c([B])c([B])c(-c2nc(-c3ccc4c(c3)-c3ccccc3C4(C)C)nc(-n3c4ccccc4c4cc(-c5ccccc5)c(N(C)C5C=CC=CC5)cc43)n2)c([B])c1[B]. The minimum Gasteiger partial charge on any atom is -0.367 e. The molecule has 0 fully saturated rings. The van der Waals surface area contributed by atoms with Crippen LogP contribution >= 0.6 is 0 Å². The average Bonchev–Trinajstić information content (AvgIpc) is 3.72. The number of likely N-dealkylation sites (N-methyl/N-ethyl adjacent to an activating group) is 1. The van der Waals surface area contributed by atoms with Crippen LogP contribution in [0.1, 0.15) is 31.4 Å². The van der Waals surface area contributed by atoms with Crippen molar-refractivity contribution in [1.82, 2.24) is 19.5 Å². The van der Waals surface area contributed by atoms with Gasteiger partial charge >= 0.3 is 0 Å². The van der Waals surface area contributed by atoms with Crippen LogP contribution in [0.4, 0.5) is 5.69 Å². The van der Waals surface area contributed by atoms with Gasteiger partial charge in [0.25, 0.3) is 0 Å². The minimum absolute atomic E-state index is 0.120. The summed E-state index contributed by atoms with van der Waals surface area (Å²) >= 11 is 0. The second kappa shape index (κ2) is 13.9. The molecule has 1 unspecified atom stereocenters. The monoisotopic (exact) mass is 747 g/mol. The highest BCUT2D eigenvalue weighted by atomic mass is 15.2. The molecule has 8 aromatic rings. The van der Waals surface area contributed by atoms with Crippen LogP contribution < -0.4 is 32.2 Å². The predicted octanol–water partition coefficient (Wildman–Crippen LogP) is 5.57. The molecule has 10 radical (unpaired) electrons. The van der Waals surface area contributed by atoms with Gasteiger partial charge in [-0.2, -0.15) is 9.97 Å². The van der Waals surface area contributed by atoms with E-state index < -0.39 is 0 Å². The van der Waals surface area contributed by atoms with Crippen LogP contribution in [-0.4, -0.2) is 71.8 Å².